The molecule has 2 atom stereocenters. The minimum Gasteiger partial charge on any atom is -0.467 e. The fourth-order valence-electron chi connectivity index (χ4n) is 3.24. The maximum absolute atomic E-state index is 12.8. The molecule has 0 bridgehead atoms. The number of carbonyl (C=O) groups excluding carboxylic acids is 2. The third kappa shape index (κ3) is 3.67. The first kappa shape index (κ1) is 18.6. The van der Waals surface area contributed by atoms with Crippen molar-refractivity contribution in [2.24, 2.45) is 5.92 Å². The second-order valence-corrected chi connectivity index (χ2v) is 7.92. The summed E-state index contributed by atoms with van der Waals surface area (Å²) in [6.07, 6.45) is 2.23. The average molecular weight is 375 g/mol. The van der Waals surface area contributed by atoms with Crippen LogP contribution in [0.3, 0.4) is 0 Å². The van der Waals surface area contributed by atoms with Crippen molar-refractivity contribution in [3.05, 3.63) is 24.3 Å². The van der Waals surface area contributed by atoms with Crippen molar-refractivity contribution >= 4 is 38.6 Å². The van der Waals surface area contributed by atoms with Gasteiger partial charge in [0.1, 0.15) is 5.54 Å². The number of methoxy groups -OCH3 is 1. The molecule has 0 saturated carbocycles. The second kappa shape index (κ2) is 7.61. The standard InChI is InChI=1S/C19H25N3O3S/c1-4-19(2,17(24)25-3)21-16(23)13-8-7-11-22(12-13)18-20-14-9-5-6-10-15(14)26-18/h5-6,9-10,13H,4,7-8,11-12H2,1-3H3,(H,21,23)/t13-,19+/m0/s1. The van der Waals surface area contributed by atoms with Crippen LogP contribution in [0, 0.1) is 5.92 Å². The van der Waals surface area contributed by atoms with Crippen LogP contribution in [0.2, 0.25) is 0 Å². The van der Waals surface area contributed by atoms with Crippen LogP contribution in [0.4, 0.5) is 5.13 Å². The predicted octanol–water partition coefficient (Wildman–Crippen LogP) is 2.97. The van der Waals surface area contributed by atoms with Crippen molar-refractivity contribution in [3.63, 3.8) is 0 Å². The van der Waals surface area contributed by atoms with Crippen LogP contribution in [0.25, 0.3) is 10.2 Å². The van der Waals surface area contributed by atoms with Crippen LogP contribution < -0.4 is 10.2 Å². The van der Waals surface area contributed by atoms with Crippen LogP contribution in [0.1, 0.15) is 33.1 Å². The zero-order valence-electron chi connectivity index (χ0n) is 15.4. The van der Waals surface area contributed by atoms with E-state index in [1.807, 2.05) is 25.1 Å². The van der Waals surface area contributed by atoms with Gasteiger partial charge in [0.2, 0.25) is 5.91 Å². The first-order valence-electron chi connectivity index (χ1n) is 8.98. The number of amides is 1. The maximum atomic E-state index is 12.8. The zero-order valence-corrected chi connectivity index (χ0v) is 16.3. The lowest BCUT2D eigenvalue weighted by Crippen LogP contribution is -2.55. The molecule has 1 aromatic heterocycles. The molecular formula is C19H25N3O3S. The number of para-hydroxylation sites is 1. The van der Waals surface area contributed by atoms with E-state index in [1.165, 1.54) is 7.11 Å². The molecular weight excluding hydrogens is 350 g/mol. The van der Waals surface area contributed by atoms with Gasteiger partial charge in [-0.1, -0.05) is 30.4 Å². The van der Waals surface area contributed by atoms with E-state index in [4.69, 9.17) is 9.72 Å². The molecule has 2 heterocycles. The molecule has 3 rings (SSSR count). The fourth-order valence-corrected chi connectivity index (χ4v) is 4.24. The Morgan fingerprint density at radius 2 is 2.19 bits per heavy atom. The minimum absolute atomic E-state index is 0.0921. The molecule has 0 aliphatic carbocycles. The molecule has 0 unspecified atom stereocenters. The van der Waals surface area contributed by atoms with Crippen LogP contribution >= 0.6 is 11.3 Å². The quantitative estimate of drug-likeness (QED) is 0.814. The number of carbonyl (C=O) groups is 2. The van der Waals surface area contributed by atoms with Gasteiger partial charge in [0.25, 0.3) is 0 Å². The molecule has 1 N–H and O–H groups in total. The predicted molar refractivity (Wildman–Crippen MR) is 103 cm³/mol. The first-order valence-corrected chi connectivity index (χ1v) is 9.79. The van der Waals surface area contributed by atoms with Gasteiger partial charge in [0.05, 0.1) is 23.2 Å². The Morgan fingerprint density at radius 3 is 2.88 bits per heavy atom. The Bertz CT molecular complexity index is 773. The Morgan fingerprint density at radius 1 is 1.42 bits per heavy atom. The van der Waals surface area contributed by atoms with E-state index in [0.29, 0.717) is 13.0 Å². The Labute approximate surface area is 157 Å². The fraction of sp³-hybridized carbons (Fsp3) is 0.526. The largest absolute Gasteiger partial charge is 0.467 e. The third-order valence-corrected chi connectivity index (χ3v) is 6.18. The van der Waals surface area contributed by atoms with Crippen LogP contribution in [0.5, 0.6) is 0 Å². The highest BCUT2D eigenvalue weighted by Gasteiger charge is 2.37. The average Bonchev–Trinajstić information content (AvgIpc) is 3.11. The highest BCUT2D eigenvalue weighted by atomic mass is 32.1. The van der Waals surface area contributed by atoms with E-state index >= 15 is 0 Å². The number of nitrogens with one attached hydrogen (secondary N) is 1. The van der Waals surface area contributed by atoms with Gasteiger partial charge < -0.3 is 15.0 Å². The van der Waals surface area contributed by atoms with Gasteiger partial charge >= 0.3 is 5.97 Å². The van der Waals surface area contributed by atoms with Crippen LogP contribution in [0.15, 0.2) is 24.3 Å². The highest BCUT2D eigenvalue weighted by molar-refractivity contribution is 7.22. The summed E-state index contributed by atoms with van der Waals surface area (Å²) in [5, 5.41) is 3.86. The van der Waals surface area contributed by atoms with Crippen molar-refractivity contribution in [1.29, 1.82) is 0 Å². The molecule has 7 heteroatoms. The van der Waals surface area contributed by atoms with Crippen molar-refractivity contribution in [3.8, 4) is 0 Å². The summed E-state index contributed by atoms with van der Waals surface area (Å²) in [7, 11) is 1.35. The number of hydrogen-bond acceptors (Lipinski definition) is 6. The molecule has 1 fully saturated rings. The third-order valence-electron chi connectivity index (χ3n) is 5.09. The topological polar surface area (TPSA) is 71.5 Å². The number of nitrogens with zero attached hydrogens (tertiary/aromatic N) is 2. The number of fused-ring (bicyclic) bond motifs is 1. The summed E-state index contributed by atoms with van der Waals surface area (Å²) < 4.78 is 6.00. The molecule has 26 heavy (non-hydrogen) atoms. The molecule has 1 aliphatic rings. The summed E-state index contributed by atoms with van der Waals surface area (Å²) in [4.78, 5) is 31.7. The molecule has 2 aromatic rings. The van der Waals surface area contributed by atoms with Gasteiger partial charge in [-0.2, -0.15) is 0 Å². The highest BCUT2D eigenvalue weighted by Crippen LogP contribution is 2.31. The lowest BCUT2D eigenvalue weighted by atomic mass is 9.93. The molecule has 1 aromatic carbocycles. The van der Waals surface area contributed by atoms with E-state index < -0.39 is 11.5 Å². The van der Waals surface area contributed by atoms with E-state index in [-0.39, 0.29) is 11.8 Å². The lowest BCUT2D eigenvalue weighted by molar-refractivity contribution is -0.151. The smallest absolute Gasteiger partial charge is 0.331 e. The Balaban J connectivity index is 1.71. The normalized spacial score (nSPS) is 19.8. The van der Waals surface area contributed by atoms with Gasteiger partial charge in [0, 0.05) is 13.1 Å². The molecule has 0 spiro atoms. The second-order valence-electron chi connectivity index (χ2n) is 6.92. The molecule has 1 amide bonds. The first-order chi connectivity index (χ1) is 12.5. The van der Waals surface area contributed by atoms with Crippen molar-refractivity contribution in [2.75, 3.05) is 25.1 Å². The molecule has 6 nitrogen and oxygen atoms in total. The van der Waals surface area contributed by atoms with E-state index in [0.717, 1.165) is 34.7 Å². The summed E-state index contributed by atoms with van der Waals surface area (Å²) in [6.45, 7) is 5.09. The Kier molecular flexibility index (Phi) is 5.46. The minimum atomic E-state index is -0.982. The van der Waals surface area contributed by atoms with Gasteiger partial charge in [-0.3, -0.25) is 4.79 Å². The van der Waals surface area contributed by atoms with Gasteiger partial charge in [-0.05, 0) is 38.3 Å². The lowest BCUT2D eigenvalue weighted by Gasteiger charge is -2.34. The number of piperidine rings is 1. The van der Waals surface area contributed by atoms with Crippen molar-refractivity contribution in [1.82, 2.24) is 10.3 Å². The van der Waals surface area contributed by atoms with Crippen molar-refractivity contribution < 1.29 is 14.3 Å². The number of esters is 1. The summed E-state index contributed by atoms with van der Waals surface area (Å²) in [5.74, 6) is -0.663. The monoisotopic (exact) mass is 375 g/mol. The van der Waals surface area contributed by atoms with Gasteiger partial charge in [-0.15, -0.1) is 0 Å². The zero-order chi connectivity index (χ0) is 18.7. The van der Waals surface area contributed by atoms with Crippen LogP contribution in [-0.4, -0.2) is 42.6 Å². The number of aromatic nitrogens is 1. The molecule has 0 radical (unpaired) electrons. The molecule has 1 aliphatic heterocycles. The number of thiazole rings is 1. The summed E-state index contributed by atoms with van der Waals surface area (Å²) >= 11 is 1.65. The maximum Gasteiger partial charge on any atom is 0.331 e. The number of benzene rings is 1. The number of anilines is 1. The summed E-state index contributed by atoms with van der Waals surface area (Å²) in [5.41, 5.74) is 0.00702. The van der Waals surface area contributed by atoms with Gasteiger partial charge in [0.15, 0.2) is 5.13 Å². The van der Waals surface area contributed by atoms with Gasteiger partial charge in [-0.25, -0.2) is 9.78 Å². The number of hydrogen-bond donors (Lipinski definition) is 1. The number of ether oxygens (including phenoxy) is 1. The van der Waals surface area contributed by atoms with E-state index in [1.54, 1.807) is 18.3 Å². The SMILES string of the molecule is CC[C@@](C)(NC(=O)[C@H]1CCCN(c2nc3ccccc3s2)C1)C(=O)OC. The number of rotatable bonds is 5. The van der Waals surface area contributed by atoms with E-state index in [2.05, 4.69) is 16.3 Å². The summed E-state index contributed by atoms with van der Waals surface area (Å²) in [6, 6.07) is 8.06. The van der Waals surface area contributed by atoms with Crippen LogP contribution in [-0.2, 0) is 14.3 Å². The molecule has 140 valence electrons. The molecule has 1 saturated heterocycles. The van der Waals surface area contributed by atoms with E-state index in [9.17, 15) is 9.59 Å². The Hall–Kier alpha value is -2.15. The van der Waals surface area contributed by atoms with Crippen molar-refractivity contribution in [2.45, 2.75) is 38.6 Å².